The van der Waals surface area contributed by atoms with E-state index in [2.05, 4.69) is 24.8 Å². The van der Waals surface area contributed by atoms with Gasteiger partial charge in [-0.25, -0.2) is 15.0 Å². The monoisotopic (exact) mass is 409 g/mol. The highest BCUT2D eigenvalue weighted by Gasteiger charge is 2.21. The maximum Gasteiger partial charge on any atom is 0.235 e. The third kappa shape index (κ3) is 3.94. The maximum atomic E-state index is 5.48. The van der Waals surface area contributed by atoms with Crippen molar-refractivity contribution in [1.29, 1.82) is 0 Å². The van der Waals surface area contributed by atoms with Crippen LogP contribution in [0.15, 0.2) is 24.8 Å². The Bertz CT molecular complexity index is 976. The number of rotatable bonds is 4. The average molecular weight is 409 g/mol. The highest BCUT2D eigenvalue weighted by atomic mass is 16.5. The first-order chi connectivity index (χ1) is 14.8. The lowest BCUT2D eigenvalue weighted by molar-refractivity contribution is 0.121. The van der Waals surface area contributed by atoms with Crippen LogP contribution < -0.4 is 9.80 Å². The second-order valence-corrected chi connectivity index (χ2v) is 7.12. The van der Waals surface area contributed by atoms with Crippen molar-refractivity contribution in [3.05, 3.63) is 30.5 Å². The number of aryl methyl sites for hydroxylation is 1. The molecule has 0 aliphatic carbocycles. The minimum absolute atomic E-state index is 0.522. The fourth-order valence-electron chi connectivity index (χ4n) is 3.41. The Morgan fingerprint density at radius 3 is 1.97 bits per heavy atom. The van der Waals surface area contributed by atoms with E-state index in [1.807, 2.05) is 19.2 Å². The summed E-state index contributed by atoms with van der Waals surface area (Å²) in [7, 11) is 0. The van der Waals surface area contributed by atoms with Gasteiger partial charge in [0, 0.05) is 38.6 Å². The standard InChI is InChI=1S/C19H23N9O2/c1-14-12-28(13-21-14)17-20-3-2-15(22-17)16-23-18(26-4-8-29-9-5-26)25-19(24-16)27-6-10-30-11-7-27/h2-3,12-13H,4-11H2,1H3. The Labute approximate surface area is 173 Å². The molecule has 0 saturated carbocycles. The summed E-state index contributed by atoms with van der Waals surface area (Å²) in [5.41, 5.74) is 1.53. The Balaban J connectivity index is 1.54. The van der Waals surface area contributed by atoms with Gasteiger partial charge in [0.1, 0.15) is 12.0 Å². The lowest BCUT2D eigenvalue weighted by atomic mass is 10.3. The summed E-state index contributed by atoms with van der Waals surface area (Å²) in [5.74, 6) is 2.33. The molecule has 3 aromatic rings. The third-order valence-electron chi connectivity index (χ3n) is 5.01. The molecular weight excluding hydrogens is 386 g/mol. The molecule has 11 nitrogen and oxygen atoms in total. The Morgan fingerprint density at radius 2 is 1.40 bits per heavy atom. The molecule has 5 rings (SSSR count). The molecule has 2 aliphatic rings. The molecule has 30 heavy (non-hydrogen) atoms. The first-order valence-corrected chi connectivity index (χ1v) is 10.0. The molecule has 5 heterocycles. The number of nitrogens with zero attached hydrogens (tertiary/aromatic N) is 9. The zero-order chi connectivity index (χ0) is 20.3. The van der Waals surface area contributed by atoms with E-state index in [1.54, 1.807) is 17.1 Å². The van der Waals surface area contributed by atoms with Crippen molar-refractivity contribution >= 4 is 11.9 Å². The van der Waals surface area contributed by atoms with E-state index in [1.165, 1.54) is 0 Å². The minimum Gasteiger partial charge on any atom is -0.378 e. The number of morpholine rings is 2. The van der Waals surface area contributed by atoms with Crippen LogP contribution in [-0.2, 0) is 9.47 Å². The molecule has 156 valence electrons. The van der Waals surface area contributed by atoms with Crippen LogP contribution in [-0.4, -0.2) is 87.1 Å². The second-order valence-electron chi connectivity index (χ2n) is 7.12. The number of imidazole rings is 1. The molecule has 0 N–H and O–H groups in total. The summed E-state index contributed by atoms with van der Waals surface area (Å²) >= 11 is 0. The van der Waals surface area contributed by atoms with Gasteiger partial charge < -0.3 is 19.3 Å². The Kier molecular flexibility index (Phi) is 5.20. The smallest absolute Gasteiger partial charge is 0.235 e. The van der Waals surface area contributed by atoms with Crippen LogP contribution >= 0.6 is 0 Å². The molecule has 0 atom stereocenters. The zero-order valence-electron chi connectivity index (χ0n) is 16.8. The lowest BCUT2D eigenvalue weighted by Crippen LogP contribution is -2.40. The summed E-state index contributed by atoms with van der Waals surface area (Å²) in [5, 5.41) is 0. The van der Waals surface area contributed by atoms with Crippen molar-refractivity contribution in [3.63, 3.8) is 0 Å². The van der Waals surface area contributed by atoms with Crippen LogP contribution in [0.3, 0.4) is 0 Å². The van der Waals surface area contributed by atoms with Crippen LogP contribution in [0.25, 0.3) is 17.5 Å². The highest BCUT2D eigenvalue weighted by Crippen LogP contribution is 2.22. The highest BCUT2D eigenvalue weighted by molar-refractivity contribution is 5.55. The van der Waals surface area contributed by atoms with E-state index in [9.17, 15) is 0 Å². The van der Waals surface area contributed by atoms with Gasteiger partial charge in [0.15, 0.2) is 5.82 Å². The molecular formula is C19H23N9O2. The van der Waals surface area contributed by atoms with E-state index in [0.29, 0.717) is 55.8 Å². The summed E-state index contributed by atoms with van der Waals surface area (Å²) in [6.07, 6.45) is 5.28. The summed E-state index contributed by atoms with van der Waals surface area (Å²) < 4.78 is 12.7. The molecule has 2 fully saturated rings. The quantitative estimate of drug-likeness (QED) is 0.604. The van der Waals surface area contributed by atoms with Gasteiger partial charge >= 0.3 is 0 Å². The van der Waals surface area contributed by atoms with Crippen molar-refractivity contribution in [2.45, 2.75) is 6.92 Å². The molecule has 0 radical (unpaired) electrons. The Hall–Kier alpha value is -3.18. The van der Waals surface area contributed by atoms with Crippen molar-refractivity contribution < 1.29 is 9.47 Å². The van der Waals surface area contributed by atoms with Gasteiger partial charge in [-0.15, -0.1) is 0 Å². The van der Waals surface area contributed by atoms with Gasteiger partial charge in [0.2, 0.25) is 17.8 Å². The number of ether oxygens (including phenoxy) is 2. The topological polar surface area (TPSA) is 107 Å². The second kappa shape index (κ2) is 8.28. The van der Waals surface area contributed by atoms with Crippen molar-refractivity contribution in [3.8, 4) is 17.5 Å². The van der Waals surface area contributed by atoms with Crippen LogP contribution in [0.2, 0.25) is 0 Å². The molecule has 0 amide bonds. The van der Waals surface area contributed by atoms with Gasteiger partial charge in [-0.1, -0.05) is 0 Å². The van der Waals surface area contributed by atoms with Gasteiger partial charge in [0.05, 0.1) is 32.1 Å². The molecule has 0 bridgehead atoms. The number of anilines is 2. The van der Waals surface area contributed by atoms with Gasteiger partial charge in [-0.05, 0) is 13.0 Å². The largest absolute Gasteiger partial charge is 0.378 e. The lowest BCUT2D eigenvalue weighted by Gasteiger charge is -2.30. The molecule has 0 aromatic carbocycles. The fourth-order valence-corrected chi connectivity index (χ4v) is 3.41. The first kappa shape index (κ1) is 18.8. The third-order valence-corrected chi connectivity index (χ3v) is 5.01. The van der Waals surface area contributed by atoms with E-state index in [0.717, 1.165) is 31.9 Å². The van der Waals surface area contributed by atoms with E-state index in [-0.39, 0.29) is 0 Å². The molecule has 11 heteroatoms. The van der Waals surface area contributed by atoms with Crippen molar-refractivity contribution in [2.24, 2.45) is 0 Å². The summed E-state index contributed by atoms with van der Waals surface area (Å²) in [4.78, 5) is 31.8. The van der Waals surface area contributed by atoms with Gasteiger partial charge in [-0.3, -0.25) is 4.57 Å². The van der Waals surface area contributed by atoms with E-state index < -0.39 is 0 Å². The molecule has 0 unspecified atom stereocenters. The number of aromatic nitrogens is 7. The molecule has 2 saturated heterocycles. The van der Waals surface area contributed by atoms with Gasteiger partial charge in [0.25, 0.3) is 0 Å². The number of hydrogen-bond acceptors (Lipinski definition) is 10. The van der Waals surface area contributed by atoms with Crippen LogP contribution in [0, 0.1) is 6.92 Å². The van der Waals surface area contributed by atoms with E-state index >= 15 is 0 Å². The van der Waals surface area contributed by atoms with E-state index in [4.69, 9.17) is 24.4 Å². The Morgan fingerprint density at radius 1 is 0.767 bits per heavy atom. The zero-order valence-corrected chi connectivity index (χ0v) is 16.8. The van der Waals surface area contributed by atoms with Crippen LogP contribution in [0.1, 0.15) is 5.69 Å². The predicted octanol–water partition coefficient (Wildman–Crippen LogP) is 0.496. The first-order valence-electron chi connectivity index (χ1n) is 10.0. The maximum absolute atomic E-state index is 5.48. The van der Waals surface area contributed by atoms with Crippen molar-refractivity contribution in [2.75, 3.05) is 62.4 Å². The SMILES string of the molecule is Cc1cn(-c2nccc(-c3nc(N4CCOCC4)nc(N4CCOCC4)n3)n2)cn1. The summed E-state index contributed by atoms with van der Waals surface area (Å²) in [6.45, 7) is 7.54. The van der Waals surface area contributed by atoms with Gasteiger partial charge in [-0.2, -0.15) is 15.0 Å². The average Bonchev–Trinajstić information content (AvgIpc) is 3.26. The van der Waals surface area contributed by atoms with Crippen molar-refractivity contribution in [1.82, 2.24) is 34.5 Å². The normalized spacial score (nSPS) is 17.4. The van der Waals surface area contributed by atoms with Crippen LogP contribution in [0.4, 0.5) is 11.9 Å². The molecule has 2 aliphatic heterocycles. The fraction of sp³-hybridized carbons (Fsp3) is 0.474. The summed E-state index contributed by atoms with van der Waals surface area (Å²) in [6, 6.07) is 1.81. The predicted molar refractivity (Wildman–Crippen MR) is 109 cm³/mol. The molecule has 3 aromatic heterocycles. The molecule has 0 spiro atoms. The number of hydrogen-bond donors (Lipinski definition) is 0. The van der Waals surface area contributed by atoms with Crippen LogP contribution in [0.5, 0.6) is 0 Å². The minimum atomic E-state index is 0.522.